The van der Waals surface area contributed by atoms with Gasteiger partial charge < -0.3 is 61.1 Å². The topological polar surface area (TPSA) is 255 Å². The number of unbranched alkanes of at least 4 members (excludes halogenated alkanes) is 1. The molecule has 4 aliphatic rings. The second kappa shape index (κ2) is 25.7. The van der Waals surface area contributed by atoms with Gasteiger partial charge in [0.05, 0.1) is 62.1 Å². The lowest BCUT2D eigenvalue weighted by molar-refractivity contribution is -0.121. The summed E-state index contributed by atoms with van der Waals surface area (Å²) in [5.41, 5.74) is 6.28. The van der Waals surface area contributed by atoms with Crippen molar-refractivity contribution in [3.63, 3.8) is 0 Å². The maximum atomic E-state index is 14.0. The number of aliphatic hydroxyl groups excluding tert-OH is 1. The van der Waals surface area contributed by atoms with Crippen molar-refractivity contribution in [1.82, 2.24) is 26.6 Å². The summed E-state index contributed by atoms with van der Waals surface area (Å²) in [6, 6.07) is 0.272. The Morgan fingerprint density at radius 3 is 2.41 bits per heavy atom. The van der Waals surface area contributed by atoms with Gasteiger partial charge in [0.1, 0.15) is 6.10 Å². The number of carbonyl (C=O) groups excluding carboxylic acids is 6. The van der Waals surface area contributed by atoms with E-state index in [1.54, 1.807) is 32.1 Å². The van der Waals surface area contributed by atoms with Gasteiger partial charge in [0.15, 0.2) is 6.10 Å². The summed E-state index contributed by atoms with van der Waals surface area (Å²) in [5.74, 6) is -1.50. The molecule has 0 aromatic carbocycles. The Hall–Kier alpha value is -4.53. The van der Waals surface area contributed by atoms with Gasteiger partial charge in [-0.25, -0.2) is 9.59 Å². The molecule has 63 heavy (non-hydrogen) atoms. The highest BCUT2D eigenvalue weighted by Gasteiger charge is 2.42. The monoisotopic (exact) mass is 902 g/mol. The van der Waals surface area contributed by atoms with Crippen LogP contribution in [0.15, 0.2) is 58.5 Å². The summed E-state index contributed by atoms with van der Waals surface area (Å²) in [4.78, 5) is 76.5. The molecule has 19 heteroatoms. The number of allylic oxidation sites excluding steroid dienone is 4. The highest BCUT2D eigenvalue weighted by molar-refractivity contribution is 8.00. The lowest BCUT2D eigenvalue weighted by Gasteiger charge is -2.30. The molecular formula is C44H66N6O12S. The van der Waals surface area contributed by atoms with Gasteiger partial charge in [-0.2, -0.15) is 11.8 Å². The quantitative estimate of drug-likeness (QED) is 0.0451. The number of Topliss-reactive ketones (excluding diaryl/α,β-unsaturated/α-hetero) is 1. The number of nitrogens with one attached hydrogen (secondary N) is 5. The first-order valence-electron chi connectivity index (χ1n) is 21.6. The number of aliphatic hydroxyl groups is 1. The number of urea groups is 1. The van der Waals surface area contributed by atoms with E-state index in [9.17, 15) is 33.9 Å². The third-order valence-corrected chi connectivity index (χ3v) is 12.9. The molecule has 2 saturated heterocycles. The van der Waals surface area contributed by atoms with Gasteiger partial charge in [-0.15, -0.1) is 0 Å². The Bertz CT molecular complexity index is 1800. The predicted octanol–water partition coefficient (Wildman–Crippen LogP) is 2.23. The van der Waals surface area contributed by atoms with E-state index >= 15 is 0 Å². The van der Waals surface area contributed by atoms with Gasteiger partial charge in [0.2, 0.25) is 17.5 Å². The standard InChI is InChI=1S/C44H66N6O12S/c1-25-20-29-37(47-15-17-61-19-18-60-16-14-46-36(52)13-8-7-12-35-38-31(24-63-35)49-44(57)50-38)32(51)23-30(40(29)54)48-42(55)26(2)10-9-11-33(58-5)41(62-43(45)56)28(4)22-27(3)39(53)34(21-25)59-6/h9-11,22-23,25,27,31,33-35,38-39,41,47,53H,7-8,12-21,24H2,1-6H3,(H2,45,56)(H,46,52)(H,48,55)(H2,49,50,57)/b11-9-,26-10+,28-22+/t25-,27+,31+,33+,34+,35+,38+,39-,41+/m1/s1. The first-order valence-corrected chi connectivity index (χ1v) is 22.6. The molecule has 18 nitrogen and oxygen atoms in total. The molecular weight excluding hydrogens is 837 g/mol. The number of hydrogen-bond acceptors (Lipinski definition) is 14. The number of nitrogens with two attached hydrogens (primary N) is 1. The summed E-state index contributed by atoms with van der Waals surface area (Å²) in [7, 11) is 2.90. The number of methoxy groups -OCH3 is 2. The largest absolute Gasteiger partial charge is 0.439 e. The van der Waals surface area contributed by atoms with E-state index in [4.69, 9.17) is 29.4 Å². The summed E-state index contributed by atoms with van der Waals surface area (Å²) in [5, 5.41) is 26.3. The number of rotatable bonds is 18. The molecule has 3 aliphatic heterocycles. The van der Waals surface area contributed by atoms with Gasteiger partial charge in [-0.3, -0.25) is 19.2 Å². The molecule has 5 amide bonds. The molecule has 9 atom stereocenters. The number of amides is 5. The number of ketones is 2. The molecule has 8 N–H and O–H groups in total. The van der Waals surface area contributed by atoms with Crippen molar-refractivity contribution in [2.45, 2.75) is 108 Å². The second-order valence-electron chi connectivity index (χ2n) is 16.3. The van der Waals surface area contributed by atoms with Gasteiger partial charge in [-0.05, 0) is 51.0 Å². The Morgan fingerprint density at radius 1 is 0.984 bits per heavy atom. The molecule has 0 spiro atoms. The molecule has 0 aromatic rings. The molecule has 0 aromatic heterocycles. The van der Waals surface area contributed by atoms with Crippen LogP contribution in [0.1, 0.15) is 66.2 Å². The van der Waals surface area contributed by atoms with Gasteiger partial charge in [0.25, 0.3) is 5.91 Å². The zero-order valence-corrected chi connectivity index (χ0v) is 38.0. The first-order chi connectivity index (χ1) is 30.1. The summed E-state index contributed by atoms with van der Waals surface area (Å²) in [6.45, 7) is 8.57. The van der Waals surface area contributed by atoms with Crippen LogP contribution in [0.25, 0.3) is 0 Å². The van der Waals surface area contributed by atoms with Crippen molar-refractivity contribution in [3.05, 3.63) is 58.5 Å². The number of thioether (sulfide) groups is 1. The normalized spacial score (nSPS) is 30.5. The molecule has 4 rings (SSSR count). The van der Waals surface area contributed by atoms with Crippen LogP contribution in [0, 0.1) is 11.8 Å². The van der Waals surface area contributed by atoms with Crippen molar-refractivity contribution in [1.29, 1.82) is 0 Å². The second-order valence-corrected chi connectivity index (χ2v) is 17.6. The number of fused-ring (bicyclic) bond motifs is 3. The van der Waals surface area contributed by atoms with Crippen LogP contribution in [-0.4, -0.2) is 142 Å². The van der Waals surface area contributed by atoms with E-state index in [1.165, 1.54) is 27.2 Å². The smallest absolute Gasteiger partial charge is 0.405 e. The van der Waals surface area contributed by atoms with E-state index in [1.807, 2.05) is 18.7 Å². The SMILES string of the molecule is CO[C@H]1/C=C\C=C(/C)C(=O)NC2=CC(=O)C(NCCOCCOCCNC(=O)CCCC[C@@H]3SC[C@@H]4NC(=O)N[C@@H]43)=C(C[C@@H](C)C[C@H](OC)[C@H](O)[C@@H](C)/C=C(\C)[C@@H]1OC(N)=O)C2=O. The van der Waals surface area contributed by atoms with E-state index < -0.39 is 53.9 Å². The number of hydrogen-bond donors (Lipinski definition) is 7. The molecule has 350 valence electrons. The molecule has 2 bridgehead atoms. The lowest BCUT2D eigenvalue weighted by Crippen LogP contribution is -2.38. The minimum Gasteiger partial charge on any atom is -0.439 e. The molecule has 1 aliphatic carbocycles. The van der Waals surface area contributed by atoms with Crippen LogP contribution in [0.2, 0.25) is 0 Å². The van der Waals surface area contributed by atoms with Crippen molar-refractivity contribution >= 4 is 47.3 Å². The minimum absolute atomic E-state index is 0.0324. The lowest BCUT2D eigenvalue weighted by atomic mass is 9.85. The van der Waals surface area contributed by atoms with Crippen LogP contribution < -0.4 is 32.3 Å². The fraction of sp³-hybridized carbons (Fsp3) is 0.636. The zero-order valence-electron chi connectivity index (χ0n) is 37.2. The van der Waals surface area contributed by atoms with Crippen LogP contribution in [0.3, 0.4) is 0 Å². The third kappa shape index (κ3) is 15.6. The number of ether oxygens (including phenoxy) is 5. The highest BCUT2D eigenvalue weighted by Crippen LogP contribution is 2.33. The molecule has 3 heterocycles. The fourth-order valence-electron chi connectivity index (χ4n) is 7.97. The molecule has 0 radical (unpaired) electrons. The maximum absolute atomic E-state index is 14.0. The first kappa shape index (κ1) is 51.1. The summed E-state index contributed by atoms with van der Waals surface area (Å²) >= 11 is 1.87. The van der Waals surface area contributed by atoms with Crippen LogP contribution in [-0.2, 0) is 42.9 Å². The number of carbonyl (C=O) groups is 6. The van der Waals surface area contributed by atoms with Gasteiger partial charge in [0, 0.05) is 67.9 Å². The Balaban J connectivity index is 1.29. The number of primary amides is 1. The Kier molecular flexibility index (Phi) is 20.8. The average Bonchev–Trinajstić information content (AvgIpc) is 3.80. The van der Waals surface area contributed by atoms with E-state index in [0.29, 0.717) is 36.8 Å². The fourth-order valence-corrected chi connectivity index (χ4v) is 9.52. The molecule has 0 saturated carbocycles. The average molecular weight is 903 g/mol. The maximum Gasteiger partial charge on any atom is 0.405 e. The third-order valence-electron chi connectivity index (χ3n) is 11.4. The minimum atomic E-state index is -1.02. The van der Waals surface area contributed by atoms with Crippen molar-refractivity contribution in [2.75, 3.05) is 59.5 Å². The molecule has 2 fully saturated rings. The van der Waals surface area contributed by atoms with E-state index in [-0.39, 0.29) is 85.3 Å². The molecule has 0 unspecified atom stereocenters. The van der Waals surface area contributed by atoms with Crippen LogP contribution >= 0.6 is 11.8 Å². The van der Waals surface area contributed by atoms with Gasteiger partial charge in [-0.1, -0.05) is 44.6 Å². The predicted molar refractivity (Wildman–Crippen MR) is 236 cm³/mol. The van der Waals surface area contributed by atoms with Gasteiger partial charge >= 0.3 is 12.1 Å². The van der Waals surface area contributed by atoms with Crippen LogP contribution in [0.4, 0.5) is 9.59 Å². The van der Waals surface area contributed by atoms with Crippen molar-refractivity contribution in [3.8, 4) is 0 Å². The highest BCUT2D eigenvalue weighted by atomic mass is 32.2. The Morgan fingerprint density at radius 2 is 1.71 bits per heavy atom. The zero-order chi connectivity index (χ0) is 46.1. The summed E-state index contributed by atoms with van der Waals surface area (Å²) in [6.07, 6.45) is 6.49. The van der Waals surface area contributed by atoms with E-state index in [0.717, 1.165) is 31.1 Å². The summed E-state index contributed by atoms with van der Waals surface area (Å²) < 4.78 is 28.0. The van der Waals surface area contributed by atoms with Crippen molar-refractivity contribution in [2.24, 2.45) is 17.6 Å². The van der Waals surface area contributed by atoms with Crippen molar-refractivity contribution < 1.29 is 57.6 Å². The van der Waals surface area contributed by atoms with Crippen LogP contribution in [0.5, 0.6) is 0 Å². The Labute approximate surface area is 374 Å². The van der Waals surface area contributed by atoms with E-state index in [2.05, 4.69) is 26.6 Å².